The lowest BCUT2D eigenvalue weighted by Crippen LogP contribution is -2.42. The van der Waals surface area contributed by atoms with Gasteiger partial charge in [0.2, 0.25) is 0 Å². The van der Waals surface area contributed by atoms with Crippen LogP contribution in [0, 0.1) is 0 Å². The summed E-state index contributed by atoms with van der Waals surface area (Å²) in [6, 6.07) is 4.78. The van der Waals surface area contributed by atoms with Gasteiger partial charge in [0.05, 0.1) is 13.0 Å². The molecule has 0 saturated carbocycles. The number of ether oxygens (including phenoxy) is 1. The molecule has 0 radical (unpaired) electrons. The van der Waals surface area contributed by atoms with Crippen LogP contribution in [0.1, 0.15) is 30.1 Å². The number of carbonyl (C=O) groups is 3. The zero-order valence-electron chi connectivity index (χ0n) is 11.5. The van der Waals surface area contributed by atoms with Crippen molar-refractivity contribution in [3.8, 4) is 5.75 Å². The highest BCUT2D eigenvalue weighted by Gasteiger charge is 2.23. The van der Waals surface area contributed by atoms with E-state index in [1.807, 2.05) is 6.92 Å². The fourth-order valence-corrected chi connectivity index (χ4v) is 1.56. The highest BCUT2D eigenvalue weighted by Crippen LogP contribution is 2.14. The first-order valence-electron chi connectivity index (χ1n) is 6.42. The maximum absolute atomic E-state index is 11.9. The summed E-state index contributed by atoms with van der Waals surface area (Å²) in [4.78, 5) is 33.4. The van der Waals surface area contributed by atoms with Crippen LogP contribution in [0.2, 0.25) is 0 Å². The van der Waals surface area contributed by atoms with Crippen LogP contribution < -0.4 is 10.1 Å². The number of rotatable bonds is 8. The molecule has 0 spiro atoms. The monoisotopic (exact) mass is 295 g/mol. The van der Waals surface area contributed by atoms with Crippen LogP contribution in [-0.4, -0.2) is 40.7 Å². The van der Waals surface area contributed by atoms with Gasteiger partial charge >= 0.3 is 11.9 Å². The number of hydrogen-bond acceptors (Lipinski definition) is 4. The maximum Gasteiger partial charge on any atom is 0.326 e. The van der Waals surface area contributed by atoms with Crippen molar-refractivity contribution < 1.29 is 29.3 Å². The Morgan fingerprint density at radius 2 is 2.00 bits per heavy atom. The first-order valence-corrected chi connectivity index (χ1v) is 6.42. The Hall–Kier alpha value is -2.57. The van der Waals surface area contributed by atoms with Gasteiger partial charge in [-0.3, -0.25) is 9.59 Å². The smallest absolute Gasteiger partial charge is 0.326 e. The second kappa shape index (κ2) is 7.88. The van der Waals surface area contributed by atoms with E-state index < -0.39 is 30.3 Å². The van der Waals surface area contributed by atoms with Crippen LogP contribution >= 0.6 is 0 Å². The van der Waals surface area contributed by atoms with E-state index in [1.54, 1.807) is 12.1 Å². The SMILES string of the molecule is CCCOc1cccc(C(=O)N[C@H](CC(=O)O)C(=O)O)c1. The Kier molecular flexibility index (Phi) is 6.19. The summed E-state index contributed by atoms with van der Waals surface area (Å²) in [7, 11) is 0. The van der Waals surface area contributed by atoms with Crippen molar-refractivity contribution in [3.05, 3.63) is 29.8 Å². The van der Waals surface area contributed by atoms with Gasteiger partial charge in [0, 0.05) is 5.56 Å². The van der Waals surface area contributed by atoms with Crippen molar-refractivity contribution in [1.29, 1.82) is 0 Å². The van der Waals surface area contributed by atoms with E-state index in [0.29, 0.717) is 12.4 Å². The Bertz CT molecular complexity index is 528. The molecule has 1 aromatic carbocycles. The predicted molar refractivity (Wildman–Crippen MR) is 73.4 cm³/mol. The largest absolute Gasteiger partial charge is 0.494 e. The summed E-state index contributed by atoms with van der Waals surface area (Å²) < 4.78 is 5.37. The van der Waals surface area contributed by atoms with Crippen LogP contribution in [0.25, 0.3) is 0 Å². The van der Waals surface area contributed by atoms with Gasteiger partial charge < -0.3 is 20.3 Å². The van der Waals surface area contributed by atoms with Gasteiger partial charge in [-0.05, 0) is 24.6 Å². The van der Waals surface area contributed by atoms with Gasteiger partial charge in [0.1, 0.15) is 11.8 Å². The summed E-state index contributed by atoms with van der Waals surface area (Å²) in [5, 5.41) is 19.7. The number of amides is 1. The van der Waals surface area contributed by atoms with Gasteiger partial charge in [0.25, 0.3) is 5.91 Å². The topological polar surface area (TPSA) is 113 Å². The molecule has 1 atom stereocenters. The fourth-order valence-electron chi connectivity index (χ4n) is 1.56. The molecule has 0 fully saturated rings. The molecule has 21 heavy (non-hydrogen) atoms. The minimum Gasteiger partial charge on any atom is -0.494 e. The summed E-state index contributed by atoms with van der Waals surface area (Å²) >= 11 is 0. The highest BCUT2D eigenvalue weighted by atomic mass is 16.5. The van der Waals surface area contributed by atoms with Gasteiger partial charge in [0.15, 0.2) is 0 Å². The zero-order chi connectivity index (χ0) is 15.8. The second-order valence-corrected chi connectivity index (χ2v) is 4.34. The molecule has 1 aromatic rings. The van der Waals surface area contributed by atoms with Crippen molar-refractivity contribution >= 4 is 17.8 Å². The third-order valence-electron chi connectivity index (χ3n) is 2.55. The van der Waals surface area contributed by atoms with E-state index in [0.717, 1.165) is 6.42 Å². The van der Waals surface area contributed by atoms with Crippen molar-refractivity contribution in [2.24, 2.45) is 0 Å². The molecule has 0 bridgehead atoms. The molecule has 1 amide bonds. The lowest BCUT2D eigenvalue weighted by Gasteiger charge is -2.13. The third kappa shape index (κ3) is 5.52. The summed E-state index contributed by atoms with van der Waals surface area (Å²) in [5.41, 5.74) is 0.209. The number of carboxylic acids is 2. The first kappa shape index (κ1) is 16.5. The average Bonchev–Trinajstić information content (AvgIpc) is 2.44. The summed E-state index contributed by atoms with van der Waals surface area (Å²) in [6.07, 6.45) is 0.128. The molecule has 0 saturated heterocycles. The van der Waals surface area contributed by atoms with E-state index in [-0.39, 0.29) is 5.56 Å². The first-order chi connectivity index (χ1) is 9.93. The number of nitrogens with one attached hydrogen (secondary N) is 1. The maximum atomic E-state index is 11.9. The third-order valence-corrected chi connectivity index (χ3v) is 2.55. The van der Waals surface area contributed by atoms with Gasteiger partial charge in [-0.2, -0.15) is 0 Å². The second-order valence-electron chi connectivity index (χ2n) is 4.34. The Labute approximate surface area is 121 Å². The van der Waals surface area contributed by atoms with Crippen molar-refractivity contribution in [1.82, 2.24) is 5.32 Å². The van der Waals surface area contributed by atoms with Crippen LogP contribution in [0.5, 0.6) is 5.75 Å². The fraction of sp³-hybridized carbons (Fsp3) is 0.357. The van der Waals surface area contributed by atoms with E-state index in [4.69, 9.17) is 14.9 Å². The molecular weight excluding hydrogens is 278 g/mol. The van der Waals surface area contributed by atoms with Crippen molar-refractivity contribution in [3.63, 3.8) is 0 Å². The van der Waals surface area contributed by atoms with Crippen molar-refractivity contribution in [2.45, 2.75) is 25.8 Å². The standard InChI is InChI=1S/C14H17NO6/c1-2-6-21-10-5-3-4-9(7-10)13(18)15-11(14(19)20)8-12(16)17/h3-5,7,11H,2,6,8H2,1H3,(H,15,18)(H,16,17)(H,19,20)/t11-/m1/s1. The van der Waals surface area contributed by atoms with Crippen LogP contribution in [0.15, 0.2) is 24.3 Å². The van der Waals surface area contributed by atoms with E-state index in [2.05, 4.69) is 5.32 Å². The minimum absolute atomic E-state index is 0.209. The van der Waals surface area contributed by atoms with Crippen LogP contribution in [0.3, 0.4) is 0 Å². The van der Waals surface area contributed by atoms with E-state index in [9.17, 15) is 14.4 Å². The van der Waals surface area contributed by atoms with Gasteiger partial charge in [-0.1, -0.05) is 13.0 Å². The Balaban J connectivity index is 2.77. The zero-order valence-corrected chi connectivity index (χ0v) is 11.5. The lowest BCUT2D eigenvalue weighted by molar-refractivity contribution is -0.145. The van der Waals surface area contributed by atoms with Gasteiger partial charge in [-0.15, -0.1) is 0 Å². The predicted octanol–water partition coefficient (Wildman–Crippen LogP) is 1.13. The van der Waals surface area contributed by atoms with Crippen molar-refractivity contribution in [2.75, 3.05) is 6.61 Å². The minimum atomic E-state index is -1.48. The summed E-state index contributed by atoms with van der Waals surface area (Å²) in [5.74, 6) is -2.87. The molecule has 0 aromatic heterocycles. The number of carbonyl (C=O) groups excluding carboxylic acids is 1. The number of benzene rings is 1. The molecule has 7 nitrogen and oxygen atoms in total. The van der Waals surface area contributed by atoms with E-state index in [1.165, 1.54) is 12.1 Å². The normalized spacial score (nSPS) is 11.5. The van der Waals surface area contributed by atoms with Crippen LogP contribution in [-0.2, 0) is 9.59 Å². The average molecular weight is 295 g/mol. The Morgan fingerprint density at radius 1 is 1.29 bits per heavy atom. The number of hydrogen-bond donors (Lipinski definition) is 3. The number of carboxylic acid groups (broad SMARTS) is 2. The molecule has 0 aliphatic rings. The highest BCUT2D eigenvalue weighted by molar-refractivity contribution is 5.97. The molecule has 0 heterocycles. The molecule has 0 aliphatic heterocycles. The molecule has 3 N–H and O–H groups in total. The lowest BCUT2D eigenvalue weighted by atomic mass is 10.1. The quantitative estimate of drug-likeness (QED) is 0.662. The molecule has 114 valence electrons. The summed E-state index contributed by atoms with van der Waals surface area (Å²) in [6.45, 7) is 2.45. The molecule has 0 unspecified atom stereocenters. The van der Waals surface area contributed by atoms with Gasteiger partial charge in [-0.25, -0.2) is 4.79 Å². The molecule has 1 rings (SSSR count). The molecule has 7 heteroatoms. The van der Waals surface area contributed by atoms with E-state index >= 15 is 0 Å². The molecule has 0 aliphatic carbocycles. The number of aliphatic carboxylic acids is 2. The van der Waals surface area contributed by atoms with Crippen LogP contribution in [0.4, 0.5) is 0 Å². The molecular formula is C14H17NO6. The Morgan fingerprint density at radius 3 is 2.57 bits per heavy atom.